The Hall–Kier alpha value is -2.82. The van der Waals surface area contributed by atoms with Gasteiger partial charge in [0, 0.05) is 30.4 Å². The zero-order valence-electron chi connectivity index (χ0n) is 15.9. The smallest absolute Gasteiger partial charge is 0.198 e. The molecule has 3 aromatic rings. The number of unbranched alkanes of at least 4 members (excludes halogenated alkanes) is 1. The number of benzene rings is 2. The van der Waals surface area contributed by atoms with Crippen LogP contribution in [-0.2, 0) is 0 Å². The van der Waals surface area contributed by atoms with Crippen LogP contribution < -0.4 is 4.90 Å². The van der Waals surface area contributed by atoms with E-state index in [4.69, 9.17) is 0 Å². The van der Waals surface area contributed by atoms with Gasteiger partial charge in [0.1, 0.15) is 5.82 Å². The number of aromatic hydroxyl groups is 1. The first kappa shape index (κ1) is 19.0. The van der Waals surface area contributed by atoms with Gasteiger partial charge in [-0.05, 0) is 49.2 Å². The summed E-state index contributed by atoms with van der Waals surface area (Å²) in [6.45, 7) is 6.47. The molecule has 142 valence electrons. The summed E-state index contributed by atoms with van der Waals surface area (Å²) in [5, 5.41) is 10.4. The van der Waals surface area contributed by atoms with E-state index in [1.165, 1.54) is 30.8 Å². The van der Waals surface area contributed by atoms with E-state index >= 15 is 0 Å². The molecule has 27 heavy (non-hydrogen) atoms. The molecule has 5 heteroatoms. The van der Waals surface area contributed by atoms with Crippen molar-refractivity contribution in [3.63, 3.8) is 0 Å². The fourth-order valence-corrected chi connectivity index (χ4v) is 3.22. The highest BCUT2D eigenvalue weighted by Crippen LogP contribution is 2.28. The number of nitrogens with zero attached hydrogens (tertiary/aromatic N) is 2. The quantitative estimate of drug-likeness (QED) is 0.496. The van der Waals surface area contributed by atoms with Crippen LogP contribution in [0.1, 0.15) is 38.7 Å². The Morgan fingerprint density at radius 1 is 1.07 bits per heavy atom. The minimum atomic E-state index is -0.382. The van der Waals surface area contributed by atoms with E-state index in [1.807, 2.05) is 12.1 Å². The van der Waals surface area contributed by atoms with Gasteiger partial charge in [-0.15, -0.1) is 0 Å². The summed E-state index contributed by atoms with van der Waals surface area (Å²) in [5.41, 5.74) is 2.86. The highest BCUT2D eigenvalue weighted by molar-refractivity contribution is 6.02. The fraction of sp³-hybridized carbons (Fsp3) is 0.318. The Bertz CT molecular complexity index is 915. The summed E-state index contributed by atoms with van der Waals surface area (Å²) in [4.78, 5) is 9.59. The van der Waals surface area contributed by atoms with Gasteiger partial charge in [0.05, 0.1) is 16.8 Å². The second kappa shape index (κ2) is 8.71. The summed E-state index contributed by atoms with van der Waals surface area (Å²) in [6.07, 6.45) is 4.96. The highest BCUT2D eigenvalue weighted by atomic mass is 19.1. The van der Waals surface area contributed by atoms with Crippen LogP contribution in [0.15, 0.2) is 47.5 Å². The Balaban J connectivity index is 1.81. The zero-order chi connectivity index (χ0) is 19.2. The summed E-state index contributed by atoms with van der Waals surface area (Å²) >= 11 is 0. The molecule has 0 saturated carbocycles. The molecule has 4 nitrogen and oxygen atoms in total. The third-order valence-electron chi connectivity index (χ3n) is 4.62. The first-order chi connectivity index (χ1) is 13.1. The van der Waals surface area contributed by atoms with E-state index in [9.17, 15) is 9.50 Å². The summed E-state index contributed by atoms with van der Waals surface area (Å²) in [7, 11) is 0. The van der Waals surface area contributed by atoms with E-state index in [2.05, 4.69) is 40.9 Å². The van der Waals surface area contributed by atoms with Gasteiger partial charge in [-0.2, -0.15) is 0 Å². The molecule has 0 aliphatic carbocycles. The van der Waals surface area contributed by atoms with Crippen LogP contribution >= 0.6 is 0 Å². The van der Waals surface area contributed by atoms with Crippen LogP contribution in [0.2, 0.25) is 0 Å². The fourth-order valence-electron chi connectivity index (χ4n) is 3.22. The number of hydrogen-bond donors (Lipinski definition) is 2. The van der Waals surface area contributed by atoms with Gasteiger partial charge in [0.2, 0.25) is 0 Å². The number of hydrogen-bond acceptors (Lipinski definition) is 3. The Morgan fingerprint density at radius 3 is 2.56 bits per heavy atom. The van der Waals surface area contributed by atoms with Gasteiger partial charge >= 0.3 is 0 Å². The average Bonchev–Trinajstić information content (AvgIpc) is 3.00. The first-order valence-corrected chi connectivity index (χ1v) is 9.52. The van der Waals surface area contributed by atoms with E-state index in [-0.39, 0.29) is 11.7 Å². The Labute approximate surface area is 159 Å². The minimum absolute atomic E-state index is 0.0795. The van der Waals surface area contributed by atoms with Gasteiger partial charge in [-0.25, -0.2) is 4.39 Å². The lowest BCUT2D eigenvalue weighted by molar-refractivity contribution is 0.457. The Morgan fingerprint density at radius 2 is 1.85 bits per heavy atom. The van der Waals surface area contributed by atoms with Crippen LogP contribution in [0.25, 0.3) is 10.9 Å². The Kier molecular flexibility index (Phi) is 6.12. The number of nitrogens with one attached hydrogen (secondary N) is 1. The van der Waals surface area contributed by atoms with Crippen molar-refractivity contribution in [3.8, 4) is 5.88 Å². The molecule has 0 atom stereocenters. The van der Waals surface area contributed by atoms with Crippen molar-refractivity contribution in [2.75, 3.05) is 18.0 Å². The van der Waals surface area contributed by atoms with Crippen LogP contribution in [0.4, 0.5) is 15.8 Å². The lowest BCUT2D eigenvalue weighted by Gasteiger charge is -2.24. The van der Waals surface area contributed by atoms with Crippen molar-refractivity contribution in [1.82, 2.24) is 4.98 Å². The molecule has 2 N–H and O–H groups in total. The molecule has 0 unspecified atom stereocenters. The summed E-state index contributed by atoms with van der Waals surface area (Å²) in [5.74, 6) is -0.462. The summed E-state index contributed by atoms with van der Waals surface area (Å²) in [6, 6.07) is 12.7. The number of fused-ring (bicyclic) bond motifs is 1. The molecule has 0 amide bonds. The predicted octanol–water partition coefficient (Wildman–Crippen LogP) is 5.78. The zero-order valence-corrected chi connectivity index (χ0v) is 15.9. The number of aliphatic imine (C=N–C) groups is 1. The van der Waals surface area contributed by atoms with Crippen molar-refractivity contribution in [3.05, 3.63) is 53.8 Å². The third-order valence-corrected chi connectivity index (χ3v) is 4.62. The van der Waals surface area contributed by atoms with E-state index in [1.54, 1.807) is 12.1 Å². The molecule has 0 saturated heterocycles. The van der Waals surface area contributed by atoms with Crippen molar-refractivity contribution < 1.29 is 9.50 Å². The maximum absolute atomic E-state index is 14.1. The topological polar surface area (TPSA) is 51.6 Å². The molecule has 0 bridgehead atoms. The second-order valence-electron chi connectivity index (χ2n) is 6.66. The van der Waals surface area contributed by atoms with E-state index in [0.29, 0.717) is 16.5 Å². The number of halogens is 1. The number of aromatic amines is 1. The highest BCUT2D eigenvalue weighted by Gasteiger charge is 2.12. The van der Waals surface area contributed by atoms with Crippen molar-refractivity contribution in [2.45, 2.75) is 33.1 Å². The molecule has 1 heterocycles. The number of rotatable bonds is 8. The second-order valence-corrected chi connectivity index (χ2v) is 6.66. The van der Waals surface area contributed by atoms with Crippen molar-refractivity contribution >= 4 is 28.5 Å². The lowest BCUT2D eigenvalue weighted by atomic mass is 10.1. The molecular weight excluding hydrogens is 341 g/mol. The number of aromatic nitrogens is 1. The molecule has 0 spiro atoms. The summed E-state index contributed by atoms with van der Waals surface area (Å²) < 4.78 is 14.1. The van der Waals surface area contributed by atoms with E-state index < -0.39 is 0 Å². The molecular formula is C22H26FN3O. The first-order valence-electron chi connectivity index (χ1n) is 9.52. The molecule has 3 rings (SSSR count). The van der Waals surface area contributed by atoms with Gasteiger partial charge in [0.25, 0.3) is 0 Å². The standard InChI is InChI=1S/C22H26FN3O/c1-3-5-14-26(13-4-2)17-11-9-16(10-12-17)24-15-18-21-19(23)7-6-8-20(21)25-22(18)27/h6-12,15,25,27H,3-5,13-14H2,1-2H3. The largest absolute Gasteiger partial charge is 0.494 e. The number of H-pyrrole nitrogens is 1. The van der Waals surface area contributed by atoms with Crippen molar-refractivity contribution in [2.24, 2.45) is 4.99 Å². The third kappa shape index (κ3) is 4.30. The minimum Gasteiger partial charge on any atom is -0.494 e. The van der Waals surface area contributed by atoms with E-state index in [0.717, 1.165) is 25.2 Å². The monoisotopic (exact) mass is 367 g/mol. The lowest BCUT2D eigenvalue weighted by Crippen LogP contribution is -2.24. The van der Waals surface area contributed by atoms with Crippen LogP contribution in [0, 0.1) is 5.82 Å². The predicted molar refractivity (Wildman–Crippen MR) is 111 cm³/mol. The molecule has 1 aromatic heterocycles. The normalized spacial score (nSPS) is 11.5. The average molecular weight is 367 g/mol. The number of anilines is 1. The van der Waals surface area contributed by atoms with Crippen molar-refractivity contribution in [1.29, 1.82) is 0 Å². The van der Waals surface area contributed by atoms with Gasteiger partial charge < -0.3 is 15.0 Å². The van der Waals surface area contributed by atoms with Gasteiger partial charge in [-0.3, -0.25) is 4.99 Å². The maximum atomic E-state index is 14.1. The molecule has 0 radical (unpaired) electrons. The SMILES string of the molecule is CCCCN(CCC)c1ccc(N=Cc2c(O)[nH]c3cccc(F)c23)cc1. The maximum Gasteiger partial charge on any atom is 0.198 e. The van der Waals surface area contributed by atoms with Gasteiger partial charge in [0.15, 0.2) is 5.88 Å². The molecule has 0 aliphatic rings. The molecule has 0 fully saturated rings. The molecule has 0 aliphatic heterocycles. The van der Waals surface area contributed by atoms with Crippen LogP contribution in [0.5, 0.6) is 5.88 Å². The van der Waals surface area contributed by atoms with Crippen LogP contribution in [0.3, 0.4) is 0 Å². The van der Waals surface area contributed by atoms with Gasteiger partial charge in [-0.1, -0.05) is 26.3 Å². The molecule has 2 aromatic carbocycles. The van der Waals surface area contributed by atoms with Crippen LogP contribution in [-0.4, -0.2) is 29.4 Å².